The van der Waals surface area contributed by atoms with Gasteiger partial charge in [-0.2, -0.15) is 0 Å². The lowest BCUT2D eigenvalue weighted by atomic mass is 9.89. The summed E-state index contributed by atoms with van der Waals surface area (Å²) in [6, 6.07) is 7.92. The fraction of sp³-hybridized carbons (Fsp3) is 0.400. The van der Waals surface area contributed by atoms with Gasteiger partial charge in [-0.3, -0.25) is 0 Å². The molecule has 0 bridgehead atoms. The van der Waals surface area contributed by atoms with E-state index in [-0.39, 0.29) is 5.41 Å². The molecule has 0 saturated carbocycles. The highest BCUT2D eigenvalue weighted by Crippen LogP contribution is 2.23. The Balaban J connectivity index is 2.16. The molecule has 0 saturated heterocycles. The van der Waals surface area contributed by atoms with Crippen LogP contribution in [0.4, 0.5) is 0 Å². The second-order valence-corrected chi connectivity index (χ2v) is 5.52. The third kappa shape index (κ3) is 3.35. The molecule has 0 amide bonds. The Bertz CT molecular complexity index is 529. The molecular formula is C15H21N3O. The monoisotopic (exact) mass is 259 g/mol. The summed E-state index contributed by atoms with van der Waals surface area (Å²) in [5, 5.41) is 0. The molecule has 1 heterocycles. The first-order valence-corrected chi connectivity index (χ1v) is 6.42. The zero-order valence-corrected chi connectivity index (χ0v) is 11.7. The second-order valence-electron chi connectivity index (χ2n) is 5.52. The van der Waals surface area contributed by atoms with Gasteiger partial charge in [-0.05, 0) is 41.8 Å². The van der Waals surface area contributed by atoms with Crippen molar-refractivity contribution in [2.45, 2.75) is 20.3 Å². The van der Waals surface area contributed by atoms with Crippen molar-refractivity contribution in [2.24, 2.45) is 11.1 Å². The summed E-state index contributed by atoms with van der Waals surface area (Å²) in [5.41, 5.74) is 7.93. The second kappa shape index (κ2) is 5.45. The molecule has 0 unspecified atom stereocenters. The zero-order chi connectivity index (χ0) is 13.9. The Morgan fingerprint density at radius 2 is 1.95 bits per heavy atom. The van der Waals surface area contributed by atoms with E-state index in [9.17, 15) is 0 Å². The van der Waals surface area contributed by atoms with Crippen LogP contribution in [0.2, 0.25) is 0 Å². The fourth-order valence-electron chi connectivity index (χ4n) is 1.90. The molecule has 0 atom stereocenters. The van der Waals surface area contributed by atoms with Gasteiger partial charge in [0.15, 0.2) is 0 Å². The van der Waals surface area contributed by atoms with Gasteiger partial charge in [-0.1, -0.05) is 13.8 Å². The Hall–Kier alpha value is -1.81. The number of hydrogen-bond donors (Lipinski definition) is 2. The van der Waals surface area contributed by atoms with E-state index in [0.717, 1.165) is 29.3 Å². The Morgan fingerprint density at radius 3 is 2.53 bits per heavy atom. The molecule has 0 spiro atoms. The molecule has 0 radical (unpaired) electrons. The van der Waals surface area contributed by atoms with Crippen LogP contribution in [-0.2, 0) is 6.42 Å². The smallest absolute Gasteiger partial charge is 0.118 e. The molecule has 102 valence electrons. The number of nitrogens with two attached hydrogens (primary N) is 1. The van der Waals surface area contributed by atoms with Crippen LogP contribution >= 0.6 is 0 Å². The van der Waals surface area contributed by atoms with Gasteiger partial charge >= 0.3 is 0 Å². The van der Waals surface area contributed by atoms with E-state index < -0.39 is 0 Å². The molecule has 3 N–H and O–H groups in total. The lowest BCUT2D eigenvalue weighted by Gasteiger charge is -2.20. The lowest BCUT2D eigenvalue weighted by Crippen LogP contribution is -2.26. The van der Waals surface area contributed by atoms with Gasteiger partial charge in [-0.15, -0.1) is 0 Å². The van der Waals surface area contributed by atoms with Crippen LogP contribution in [0.25, 0.3) is 11.3 Å². The number of ether oxygens (including phenoxy) is 1. The first-order chi connectivity index (χ1) is 9.04. The highest BCUT2D eigenvalue weighted by Gasteiger charge is 2.18. The minimum atomic E-state index is 0.0645. The average Bonchev–Trinajstić information content (AvgIpc) is 2.86. The van der Waals surface area contributed by atoms with E-state index >= 15 is 0 Å². The zero-order valence-electron chi connectivity index (χ0n) is 11.7. The van der Waals surface area contributed by atoms with E-state index in [0.29, 0.717) is 6.54 Å². The minimum absolute atomic E-state index is 0.0645. The predicted octanol–water partition coefficient (Wildman–Crippen LogP) is 2.61. The molecule has 2 rings (SSSR count). The summed E-state index contributed by atoms with van der Waals surface area (Å²) >= 11 is 0. The molecule has 0 aliphatic rings. The maximum absolute atomic E-state index is 5.75. The summed E-state index contributed by atoms with van der Waals surface area (Å²) in [5.74, 6) is 1.83. The predicted molar refractivity (Wildman–Crippen MR) is 77.1 cm³/mol. The first-order valence-electron chi connectivity index (χ1n) is 6.42. The summed E-state index contributed by atoms with van der Waals surface area (Å²) in [6.07, 6.45) is 2.71. The third-order valence-electron chi connectivity index (χ3n) is 3.23. The van der Waals surface area contributed by atoms with Gasteiger partial charge in [0.2, 0.25) is 0 Å². The van der Waals surface area contributed by atoms with Crippen LogP contribution < -0.4 is 10.5 Å². The number of hydrogen-bond acceptors (Lipinski definition) is 3. The van der Waals surface area contributed by atoms with Crippen molar-refractivity contribution in [1.29, 1.82) is 0 Å². The summed E-state index contributed by atoms with van der Waals surface area (Å²) in [4.78, 5) is 7.78. The summed E-state index contributed by atoms with van der Waals surface area (Å²) in [7, 11) is 1.66. The SMILES string of the molecule is COc1ccc(-c2cnc(CC(C)(C)CN)[nH]2)cc1. The average molecular weight is 259 g/mol. The molecule has 4 heteroatoms. The van der Waals surface area contributed by atoms with E-state index in [1.807, 2.05) is 30.5 Å². The van der Waals surface area contributed by atoms with Gasteiger partial charge in [0.25, 0.3) is 0 Å². The van der Waals surface area contributed by atoms with Gasteiger partial charge in [0, 0.05) is 6.42 Å². The van der Waals surface area contributed by atoms with Gasteiger partial charge in [-0.25, -0.2) is 4.98 Å². The molecule has 0 aliphatic carbocycles. The molecule has 1 aromatic carbocycles. The van der Waals surface area contributed by atoms with Crippen LogP contribution in [0.3, 0.4) is 0 Å². The largest absolute Gasteiger partial charge is 0.497 e. The number of aromatic nitrogens is 2. The minimum Gasteiger partial charge on any atom is -0.497 e. The number of H-pyrrole nitrogens is 1. The van der Waals surface area contributed by atoms with Gasteiger partial charge in [0.1, 0.15) is 11.6 Å². The van der Waals surface area contributed by atoms with Crippen LogP contribution in [0.15, 0.2) is 30.5 Å². The maximum Gasteiger partial charge on any atom is 0.118 e. The van der Waals surface area contributed by atoms with Gasteiger partial charge < -0.3 is 15.5 Å². The number of nitrogens with one attached hydrogen (secondary N) is 1. The molecule has 1 aromatic heterocycles. The van der Waals surface area contributed by atoms with E-state index in [1.54, 1.807) is 7.11 Å². The maximum atomic E-state index is 5.75. The molecular weight excluding hydrogens is 238 g/mol. The Labute approximate surface area is 114 Å². The highest BCUT2D eigenvalue weighted by atomic mass is 16.5. The van der Waals surface area contributed by atoms with E-state index in [2.05, 4.69) is 23.8 Å². The number of nitrogens with zero attached hydrogens (tertiary/aromatic N) is 1. The molecule has 0 aliphatic heterocycles. The molecule has 19 heavy (non-hydrogen) atoms. The Kier molecular flexibility index (Phi) is 3.90. The van der Waals surface area contributed by atoms with Crippen molar-refractivity contribution in [1.82, 2.24) is 9.97 Å². The quantitative estimate of drug-likeness (QED) is 0.867. The molecule has 2 aromatic rings. The summed E-state index contributed by atoms with van der Waals surface area (Å²) < 4.78 is 5.15. The number of aromatic amines is 1. The lowest BCUT2D eigenvalue weighted by molar-refractivity contribution is 0.369. The molecule has 4 nitrogen and oxygen atoms in total. The van der Waals surface area contributed by atoms with Crippen LogP contribution in [-0.4, -0.2) is 23.6 Å². The highest BCUT2D eigenvalue weighted by molar-refractivity contribution is 5.59. The summed E-state index contributed by atoms with van der Waals surface area (Å²) in [6.45, 7) is 4.93. The first kappa shape index (κ1) is 13.6. The fourth-order valence-corrected chi connectivity index (χ4v) is 1.90. The van der Waals surface area contributed by atoms with Crippen molar-refractivity contribution < 1.29 is 4.74 Å². The van der Waals surface area contributed by atoms with Crippen molar-refractivity contribution in [3.8, 4) is 17.0 Å². The van der Waals surface area contributed by atoms with Gasteiger partial charge in [0.05, 0.1) is 19.0 Å². The van der Waals surface area contributed by atoms with Crippen LogP contribution in [0, 0.1) is 5.41 Å². The normalized spacial score (nSPS) is 11.6. The topological polar surface area (TPSA) is 63.9 Å². The standard InChI is InChI=1S/C15H21N3O/c1-15(2,10-16)8-14-17-9-13(18-14)11-4-6-12(19-3)7-5-11/h4-7,9H,8,10,16H2,1-3H3,(H,17,18). The van der Waals surface area contributed by atoms with Crippen molar-refractivity contribution in [3.05, 3.63) is 36.3 Å². The number of methoxy groups -OCH3 is 1. The van der Waals surface area contributed by atoms with Crippen LogP contribution in [0.1, 0.15) is 19.7 Å². The number of imidazole rings is 1. The van der Waals surface area contributed by atoms with Crippen LogP contribution in [0.5, 0.6) is 5.75 Å². The third-order valence-corrected chi connectivity index (χ3v) is 3.23. The van der Waals surface area contributed by atoms with Crippen molar-refractivity contribution in [2.75, 3.05) is 13.7 Å². The van der Waals surface area contributed by atoms with Crippen molar-refractivity contribution >= 4 is 0 Å². The number of benzene rings is 1. The Morgan fingerprint density at radius 1 is 1.26 bits per heavy atom. The number of rotatable bonds is 5. The molecule has 0 fully saturated rings. The van der Waals surface area contributed by atoms with E-state index in [4.69, 9.17) is 10.5 Å². The van der Waals surface area contributed by atoms with E-state index in [1.165, 1.54) is 0 Å². The van der Waals surface area contributed by atoms with Crippen molar-refractivity contribution in [3.63, 3.8) is 0 Å².